The number of amides is 2. The van der Waals surface area contributed by atoms with E-state index < -0.39 is 33.5 Å². The van der Waals surface area contributed by atoms with Gasteiger partial charge in [0.05, 0.1) is 17.5 Å². The number of rotatable bonds is 7. The lowest BCUT2D eigenvalue weighted by Crippen LogP contribution is -2.45. The van der Waals surface area contributed by atoms with Crippen LogP contribution in [-0.2, 0) is 25.8 Å². The van der Waals surface area contributed by atoms with Crippen LogP contribution in [0.5, 0.6) is 11.5 Å². The van der Waals surface area contributed by atoms with E-state index in [1.165, 1.54) is 11.8 Å². The molecule has 0 unspecified atom stereocenters. The number of carbonyl (C=O) groups excluding carboxylic acids is 2. The van der Waals surface area contributed by atoms with Gasteiger partial charge in [-0.1, -0.05) is 60.3 Å². The summed E-state index contributed by atoms with van der Waals surface area (Å²) in [6.07, 6.45) is -0.502. The Morgan fingerprint density at radius 1 is 0.952 bits per heavy atom. The van der Waals surface area contributed by atoms with Crippen LogP contribution in [0.3, 0.4) is 0 Å². The standard InChI is InChI=1S/C31H33N3O6S2/c1-31(2,3)40-30(36)32-25(18-21-10-6-4-7-11-21)28(35)33-29-34(26-19-42(37,38)20-27(26)41-29)22-14-16-24(17-15-22)39-23-12-8-5-9-13-23/h4-17,25-27H,18-20H2,1-3H3,(H,32,36)/t25-,26-,27-/m0/s1. The molecule has 1 N–H and O–H groups in total. The molecule has 0 spiro atoms. The van der Waals surface area contributed by atoms with Crippen LogP contribution in [0.25, 0.3) is 0 Å². The van der Waals surface area contributed by atoms with Gasteiger partial charge in [-0.25, -0.2) is 13.2 Å². The molecule has 0 aliphatic carbocycles. The Balaban J connectivity index is 1.42. The minimum atomic E-state index is -3.24. The number of hydrogen-bond acceptors (Lipinski definition) is 7. The third kappa shape index (κ3) is 7.51. The number of fused-ring (bicyclic) bond motifs is 1. The lowest BCUT2D eigenvalue weighted by atomic mass is 10.1. The Hall–Kier alpha value is -3.83. The first kappa shape index (κ1) is 29.7. The average molecular weight is 608 g/mol. The van der Waals surface area contributed by atoms with E-state index in [2.05, 4.69) is 10.3 Å². The zero-order valence-electron chi connectivity index (χ0n) is 23.6. The minimum absolute atomic E-state index is 0.00481. The van der Waals surface area contributed by atoms with Crippen molar-refractivity contribution in [3.8, 4) is 11.5 Å². The topological polar surface area (TPSA) is 114 Å². The molecule has 3 aromatic rings. The van der Waals surface area contributed by atoms with Gasteiger partial charge >= 0.3 is 6.09 Å². The molecule has 3 atom stereocenters. The van der Waals surface area contributed by atoms with Gasteiger partial charge < -0.3 is 19.7 Å². The van der Waals surface area contributed by atoms with Crippen LogP contribution in [0.4, 0.5) is 10.5 Å². The highest BCUT2D eigenvalue weighted by atomic mass is 32.2. The Kier molecular flexibility index (Phi) is 8.60. The molecule has 2 aliphatic heterocycles. The van der Waals surface area contributed by atoms with Gasteiger partial charge in [0.2, 0.25) is 0 Å². The van der Waals surface area contributed by atoms with E-state index in [-0.39, 0.29) is 29.2 Å². The van der Waals surface area contributed by atoms with Crippen molar-refractivity contribution < 1.29 is 27.5 Å². The molecule has 0 radical (unpaired) electrons. The number of nitrogens with zero attached hydrogens (tertiary/aromatic N) is 2. The number of nitrogens with one attached hydrogen (secondary N) is 1. The van der Waals surface area contributed by atoms with E-state index in [4.69, 9.17) is 9.47 Å². The summed E-state index contributed by atoms with van der Waals surface area (Å²) in [5.74, 6) is 0.725. The van der Waals surface area contributed by atoms with E-state index in [1.54, 1.807) is 32.9 Å². The van der Waals surface area contributed by atoms with Crippen molar-refractivity contribution in [2.24, 2.45) is 4.99 Å². The lowest BCUT2D eigenvalue weighted by Gasteiger charge is -2.25. The number of para-hydroxylation sites is 1. The highest BCUT2D eigenvalue weighted by Crippen LogP contribution is 2.41. The second-order valence-electron chi connectivity index (χ2n) is 11.2. The minimum Gasteiger partial charge on any atom is -0.457 e. The van der Waals surface area contributed by atoms with Gasteiger partial charge in [-0.15, -0.1) is 0 Å². The molecule has 220 valence electrons. The lowest BCUT2D eigenvalue weighted by molar-refractivity contribution is -0.119. The number of ether oxygens (including phenoxy) is 2. The second kappa shape index (κ2) is 12.2. The smallest absolute Gasteiger partial charge is 0.408 e. The van der Waals surface area contributed by atoms with Crippen molar-refractivity contribution in [1.29, 1.82) is 0 Å². The van der Waals surface area contributed by atoms with Crippen LogP contribution in [0.2, 0.25) is 0 Å². The third-order valence-electron chi connectivity index (χ3n) is 6.64. The van der Waals surface area contributed by atoms with Gasteiger partial charge in [-0.2, -0.15) is 4.99 Å². The normalized spacial score (nSPS) is 21.0. The zero-order valence-corrected chi connectivity index (χ0v) is 25.2. The first-order valence-electron chi connectivity index (χ1n) is 13.6. The SMILES string of the molecule is CC(C)(C)OC(=O)N[C@@H](Cc1ccccc1)C(=O)N=C1S[C@H]2CS(=O)(=O)C[C@@H]2N1c1ccc(Oc2ccccc2)cc1. The quantitative estimate of drug-likeness (QED) is 0.389. The molecule has 3 aromatic carbocycles. The predicted molar refractivity (Wildman–Crippen MR) is 165 cm³/mol. The number of amidine groups is 1. The molecule has 0 aromatic heterocycles. The monoisotopic (exact) mass is 607 g/mol. The fourth-order valence-electron chi connectivity index (χ4n) is 4.84. The molecule has 2 heterocycles. The van der Waals surface area contributed by atoms with Crippen molar-refractivity contribution in [2.45, 2.75) is 50.1 Å². The Morgan fingerprint density at radius 3 is 2.21 bits per heavy atom. The summed E-state index contributed by atoms with van der Waals surface area (Å²) >= 11 is 1.27. The fraction of sp³-hybridized carbons (Fsp3) is 0.323. The summed E-state index contributed by atoms with van der Waals surface area (Å²) in [7, 11) is -3.24. The van der Waals surface area contributed by atoms with E-state index in [0.717, 1.165) is 5.56 Å². The summed E-state index contributed by atoms with van der Waals surface area (Å²) in [5.41, 5.74) is 0.798. The molecule has 2 fully saturated rings. The third-order valence-corrected chi connectivity index (χ3v) is 9.85. The van der Waals surface area contributed by atoms with Crippen molar-refractivity contribution in [3.05, 3.63) is 90.5 Å². The molecule has 0 bridgehead atoms. The number of benzene rings is 3. The van der Waals surface area contributed by atoms with E-state index in [9.17, 15) is 18.0 Å². The van der Waals surface area contributed by atoms with E-state index >= 15 is 0 Å². The number of thioether (sulfide) groups is 1. The summed E-state index contributed by atoms with van der Waals surface area (Å²) in [5, 5.41) is 2.81. The maximum Gasteiger partial charge on any atom is 0.408 e. The molecule has 42 heavy (non-hydrogen) atoms. The van der Waals surface area contributed by atoms with Crippen molar-refractivity contribution in [3.63, 3.8) is 0 Å². The number of hydrogen-bond donors (Lipinski definition) is 1. The predicted octanol–water partition coefficient (Wildman–Crippen LogP) is 5.22. The molecule has 2 amide bonds. The van der Waals surface area contributed by atoms with Crippen molar-refractivity contribution >= 4 is 44.5 Å². The van der Waals surface area contributed by atoms with Gasteiger partial charge in [0.25, 0.3) is 5.91 Å². The summed E-state index contributed by atoms with van der Waals surface area (Å²) in [6.45, 7) is 5.24. The maximum absolute atomic E-state index is 13.6. The molecule has 2 saturated heterocycles. The van der Waals surface area contributed by atoms with Gasteiger partial charge in [0.1, 0.15) is 23.1 Å². The van der Waals surface area contributed by atoms with Gasteiger partial charge in [-0.05, 0) is 62.7 Å². The summed E-state index contributed by atoms with van der Waals surface area (Å²) in [6, 6.07) is 24.6. The van der Waals surface area contributed by atoms with Crippen LogP contribution in [-0.4, -0.2) is 60.0 Å². The number of sulfone groups is 1. The number of aliphatic imine (C=N–C) groups is 1. The number of alkyl carbamates (subject to hydrolysis) is 1. The second-order valence-corrected chi connectivity index (χ2v) is 14.6. The largest absolute Gasteiger partial charge is 0.457 e. The fourth-order valence-corrected chi connectivity index (χ4v) is 8.76. The number of carbonyl (C=O) groups is 2. The summed E-state index contributed by atoms with van der Waals surface area (Å²) < 4.78 is 36.4. The number of anilines is 1. The van der Waals surface area contributed by atoms with Gasteiger partial charge in [-0.3, -0.25) is 4.79 Å². The van der Waals surface area contributed by atoms with Crippen LogP contribution >= 0.6 is 11.8 Å². The highest BCUT2D eigenvalue weighted by molar-refractivity contribution is 8.16. The molecule has 9 nitrogen and oxygen atoms in total. The zero-order chi connectivity index (χ0) is 29.9. The van der Waals surface area contributed by atoms with E-state index in [1.807, 2.05) is 77.7 Å². The summed E-state index contributed by atoms with van der Waals surface area (Å²) in [4.78, 5) is 32.6. The maximum atomic E-state index is 13.6. The van der Waals surface area contributed by atoms with Gasteiger partial charge in [0, 0.05) is 17.4 Å². The van der Waals surface area contributed by atoms with Crippen LogP contribution < -0.4 is 15.0 Å². The van der Waals surface area contributed by atoms with E-state index in [0.29, 0.717) is 22.4 Å². The van der Waals surface area contributed by atoms with Crippen LogP contribution in [0, 0.1) is 0 Å². The van der Waals surface area contributed by atoms with Crippen molar-refractivity contribution in [2.75, 3.05) is 16.4 Å². The average Bonchev–Trinajstić information content (AvgIpc) is 3.39. The molecule has 0 saturated carbocycles. The van der Waals surface area contributed by atoms with Crippen LogP contribution in [0.15, 0.2) is 89.9 Å². The molecular formula is C31H33N3O6S2. The molecule has 11 heteroatoms. The Morgan fingerprint density at radius 2 is 1.57 bits per heavy atom. The highest BCUT2D eigenvalue weighted by Gasteiger charge is 2.49. The van der Waals surface area contributed by atoms with Crippen molar-refractivity contribution in [1.82, 2.24) is 5.32 Å². The Labute approximate surface area is 250 Å². The first-order chi connectivity index (χ1) is 20.0. The first-order valence-corrected chi connectivity index (χ1v) is 16.3. The molecule has 2 aliphatic rings. The molecule has 5 rings (SSSR count). The van der Waals surface area contributed by atoms with Crippen LogP contribution in [0.1, 0.15) is 26.3 Å². The van der Waals surface area contributed by atoms with Gasteiger partial charge in [0.15, 0.2) is 15.0 Å². The molecular weight excluding hydrogens is 574 g/mol. The Bertz CT molecular complexity index is 1560.